The highest BCUT2D eigenvalue weighted by molar-refractivity contribution is 7.09. The van der Waals surface area contributed by atoms with E-state index in [-0.39, 0.29) is 24.8 Å². The zero-order valence-corrected chi connectivity index (χ0v) is 23.6. The van der Waals surface area contributed by atoms with Crippen LogP contribution in [0.1, 0.15) is 53.9 Å². The van der Waals surface area contributed by atoms with E-state index in [1.807, 2.05) is 74.5 Å². The van der Waals surface area contributed by atoms with Crippen LogP contribution in [-0.4, -0.2) is 48.9 Å². The predicted octanol–water partition coefficient (Wildman–Crippen LogP) is 5.40. The molecule has 0 unspecified atom stereocenters. The summed E-state index contributed by atoms with van der Waals surface area (Å²) in [5, 5.41) is 11.1. The van der Waals surface area contributed by atoms with Crippen LogP contribution in [-0.2, 0) is 28.9 Å². The lowest BCUT2D eigenvalue weighted by molar-refractivity contribution is 0.0982. The molecule has 5 rings (SSSR count). The molecule has 0 saturated carbocycles. The number of amides is 2. The highest BCUT2D eigenvalue weighted by atomic mass is 32.1. The number of H-pyrrole nitrogens is 1. The number of imide groups is 1. The summed E-state index contributed by atoms with van der Waals surface area (Å²) >= 11 is 1.34. The van der Waals surface area contributed by atoms with Crippen LogP contribution >= 0.6 is 11.3 Å². The lowest BCUT2D eigenvalue weighted by Crippen LogP contribution is -2.43. The van der Waals surface area contributed by atoms with Gasteiger partial charge in [0.25, 0.3) is 0 Å². The van der Waals surface area contributed by atoms with E-state index in [1.54, 1.807) is 11.7 Å². The molecule has 2 aromatic heterocycles. The van der Waals surface area contributed by atoms with Gasteiger partial charge in [-0.2, -0.15) is 0 Å². The number of thiazole rings is 1. The molecule has 0 radical (unpaired) electrons. The van der Waals surface area contributed by atoms with E-state index in [0.29, 0.717) is 18.5 Å². The molecule has 214 valence electrons. The average Bonchev–Trinajstić information content (AvgIpc) is 3.66. The summed E-state index contributed by atoms with van der Waals surface area (Å²) < 4.78 is 12.6. The molecule has 0 aliphatic carbocycles. The van der Waals surface area contributed by atoms with Gasteiger partial charge in [0, 0.05) is 18.7 Å². The van der Waals surface area contributed by atoms with Gasteiger partial charge in [0.15, 0.2) is 0 Å². The maximum absolute atomic E-state index is 13.2. The van der Waals surface area contributed by atoms with Gasteiger partial charge in [0.05, 0.1) is 22.1 Å². The Bertz CT molecular complexity index is 1520. The van der Waals surface area contributed by atoms with Crippen molar-refractivity contribution < 1.29 is 24.2 Å². The van der Waals surface area contributed by atoms with Crippen molar-refractivity contribution in [3.05, 3.63) is 105 Å². The molecule has 0 spiro atoms. The third kappa shape index (κ3) is 6.35. The number of carbonyl (C=O) groups excluding carboxylic acids is 2. The third-order valence-electron chi connectivity index (χ3n) is 7.21. The molecule has 2 aromatic carbocycles. The molecular weight excluding hydrogens is 544 g/mol. The van der Waals surface area contributed by atoms with Gasteiger partial charge in [-0.05, 0) is 29.9 Å². The Morgan fingerprint density at radius 2 is 1.78 bits per heavy atom. The van der Waals surface area contributed by atoms with E-state index in [1.165, 1.54) is 15.9 Å². The summed E-state index contributed by atoms with van der Waals surface area (Å²) in [5.41, 5.74) is 3.48. The molecule has 3 heterocycles. The number of rotatable bonds is 10. The molecule has 10 nitrogen and oxygen atoms in total. The number of aromatic amines is 1. The second kappa shape index (κ2) is 12.4. The Kier molecular flexibility index (Phi) is 8.53. The molecule has 1 aliphatic heterocycles. The van der Waals surface area contributed by atoms with E-state index in [4.69, 9.17) is 9.47 Å². The van der Waals surface area contributed by atoms with E-state index in [9.17, 15) is 19.5 Å². The Labute approximate surface area is 241 Å². The van der Waals surface area contributed by atoms with Gasteiger partial charge in [-0.3, -0.25) is 9.55 Å². The quantitative estimate of drug-likeness (QED) is 0.259. The van der Waals surface area contributed by atoms with Crippen LogP contribution in [0.15, 0.2) is 77.2 Å². The van der Waals surface area contributed by atoms with E-state index in [0.717, 1.165) is 20.9 Å². The van der Waals surface area contributed by atoms with Crippen LogP contribution in [0.4, 0.5) is 9.59 Å². The number of ether oxygens (including phenoxy) is 2. The van der Waals surface area contributed by atoms with Crippen LogP contribution < -0.4 is 5.69 Å². The van der Waals surface area contributed by atoms with Gasteiger partial charge in [0.2, 0.25) is 5.88 Å². The first-order valence-electron chi connectivity index (χ1n) is 13.5. The van der Waals surface area contributed by atoms with E-state index >= 15 is 0 Å². The normalized spacial score (nSPS) is 17.5. The van der Waals surface area contributed by atoms with Crippen molar-refractivity contribution in [1.29, 1.82) is 0 Å². The molecule has 41 heavy (non-hydrogen) atoms. The van der Waals surface area contributed by atoms with Crippen LogP contribution in [0.2, 0.25) is 0 Å². The smallest absolute Gasteiger partial charge is 0.420 e. The number of benzene rings is 2. The first kappa shape index (κ1) is 28.2. The monoisotopic (exact) mass is 576 g/mol. The maximum Gasteiger partial charge on any atom is 0.420 e. The number of nitrogens with one attached hydrogen (secondary N) is 1. The first-order chi connectivity index (χ1) is 19.8. The highest BCUT2D eigenvalue weighted by Gasteiger charge is 2.47. The molecule has 4 aromatic rings. The molecule has 11 heteroatoms. The summed E-state index contributed by atoms with van der Waals surface area (Å²) in [6.07, 6.45) is 0.121. The molecule has 1 aliphatic rings. The Morgan fingerprint density at radius 1 is 1.10 bits per heavy atom. The van der Waals surface area contributed by atoms with Gasteiger partial charge < -0.3 is 19.6 Å². The van der Waals surface area contributed by atoms with Crippen molar-refractivity contribution >= 4 is 23.5 Å². The number of hydrogen-bond acceptors (Lipinski definition) is 8. The van der Waals surface area contributed by atoms with Crippen molar-refractivity contribution in [2.45, 2.75) is 63.8 Å². The zero-order chi connectivity index (χ0) is 28.9. The number of cyclic esters (lactones) is 1. The first-order valence-corrected chi connectivity index (χ1v) is 14.3. The summed E-state index contributed by atoms with van der Waals surface area (Å²) in [6.45, 7) is 3.75. The molecule has 2 amide bonds. The number of carbonyl (C=O) groups is 2. The fourth-order valence-corrected chi connectivity index (χ4v) is 5.71. The third-order valence-corrected chi connectivity index (χ3v) is 7.96. The van der Waals surface area contributed by atoms with Crippen LogP contribution in [0.3, 0.4) is 0 Å². The maximum atomic E-state index is 13.2. The van der Waals surface area contributed by atoms with Crippen LogP contribution in [0.25, 0.3) is 0 Å². The standard InChI is InChI=1S/C30H32N4O6S/c1-19(2)26-27(35)33(28(36)32-26)22(13-20-9-5-3-6-10-20)15-25-24(14-21-11-7-4-8-12-21)34(30(38)40-25)29(37)39-17-23-16-31-18-41-23/h3-12,16,18-19,22,24-25,35H,13-15,17H2,1-2H3,(H,32,36)/t22-,24-,25-/m0/s1. The van der Waals surface area contributed by atoms with Gasteiger partial charge in [-0.25, -0.2) is 19.3 Å². The number of nitrogens with zero attached hydrogens (tertiary/aromatic N) is 3. The minimum Gasteiger partial charge on any atom is -0.493 e. The zero-order valence-electron chi connectivity index (χ0n) is 22.8. The number of aromatic hydroxyl groups is 1. The van der Waals surface area contributed by atoms with Crippen molar-refractivity contribution in [3.8, 4) is 5.88 Å². The highest BCUT2D eigenvalue weighted by Crippen LogP contribution is 2.34. The molecule has 3 atom stereocenters. The molecule has 0 bridgehead atoms. The van der Waals surface area contributed by atoms with Gasteiger partial charge in [0.1, 0.15) is 12.7 Å². The van der Waals surface area contributed by atoms with Gasteiger partial charge in [-0.1, -0.05) is 74.5 Å². The van der Waals surface area contributed by atoms with Crippen LogP contribution in [0.5, 0.6) is 5.88 Å². The van der Waals surface area contributed by atoms with Gasteiger partial charge in [-0.15, -0.1) is 11.3 Å². The van der Waals surface area contributed by atoms with Crippen molar-refractivity contribution in [2.24, 2.45) is 0 Å². The summed E-state index contributed by atoms with van der Waals surface area (Å²) in [5.74, 6) is -0.254. The van der Waals surface area contributed by atoms with Crippen molar-refractivity contribution in [1.82, 2.24) is 19.4 Å². The lowest BCUT2D eigenvalue weighted by Gasteiger charge is -2.26. The Balaban J connectivity index is 1.47. The largest absolute Gasteiger partial charge is 0.493 e. The number of hydrogen-bond donors (Lipinski definition) is 2. The number of aromatic nitrogens is 3. The predicted molar refractivity (Wildman–Crippen MR) is 153 cm³/mol. The lowest BCUT2D eigenvalue weighted by atomic mass is 9.93. The SMILES string of the molecule is CC(C)c1[nH]c(=O)n([C@@H](Cc2ccccc2)C[C@@H]2OC(=O)N(C(=O)OCc3cncs3)[C@H]2Cc2ccccc2)c1O. The average molecular weight is 577 g/mol. The summed E-state index contributed by atoms with van der Waals surface area (Å²) in [6, 6.07) is 17.8. The second-order valence-electron chi connectivity index (χ2n) is 10.3. The topological polar surface area (TPSA) is 127 Å². The van der Waals surface area contributed by atoms with E-state index in [2.05, 4.69) is 9.97 Å². The van der Waals surface area contributed by atoms with Crippen molar-refractivity contribution in [2.75, 3.05) is 0 Å². The number of imidazole rings is 1. The minimum absolute atomic E-state index is 0.0166. The fourth-order valence-electron chi connectivity index (χ4n) is 5.21. The van der Waals surface area contributed by atoms with Gasteiger partial charge >= 0.3 is 17.9 Å². The summed E-state index contributed by atoms with van der Waals surface area (Å²) in [4.78, 5) is 48.0. The Hall–Kier alpha value is -4.38. The molecule has 1 saturated heterocycles. The molecule has 1 fully saturated rings. The second-order valence-corrected chi connectivity index (χ2v) is 11.3. The summed E-state index contributed by atoms with van der Waals surface area (Å²) in [7, 11) is 0. The van der Waals surface area contributed by atoms with Crippen molar-refractivity contribution in [3.63, 3.8) is 0 Å². The van der Waals surface area contributed by atoms with E-state index < -0.39 is 36.1 Å². The minimum atomic E-state index is -0.810. The fraction of sp³-hybridized carbons (Fsp3) is 0.333. The Morgan fingerprint density at radius 3 is 2.39 bits per heavy atom. The van der Waals surface area contributed by atoms with Crippen LogP contribution in [0, 0.1) is 0 Å². The molecule has 2 N–H and O–H groups in total. The molecular formula is C30H32N4O6S.